The molecule has 3 aromatic heterocycles. The topological polar surface area (TPSA) is 65.2 Å². The first-order valence-electron chi connectivity index (χ1n) is 8.71. The van der Waals surface area contributed by atoms with Crippen molar-refractivity contribution < 1.29 is 13.9 Å². The molecule has 0 amide bonds. The summed E-state index contributed by atoms with van der Waals surface area (Å²) in [5.74, 6) is 0.352. The van der Waals surface area contributed by atoms with Gasteiger partial charge < -0.3 is 9.15 Å². The highest BCUT2D eigenvalue weighted by Crippen LogP contribution is 2.38. The number of carbonyl (C=O) groups excluding carboxylic acids is 1. The zero-order valence-electron chi connectivity index (χ0n) is 15.5. The summed E-state index contributed by atoms with van der Waals surface area (Å²) in [5, 5.41) is 2.89. The number of furan rings is 1. The third-order valence-electron chi connectivity index (χ3n) is 4.50. The number of hydrogen-bond acceptors (Lipinski definition) is 7. The Kier molecular flexibility index (Phi) is 5.44. The quantitative estimate of drug-likeness (QED) is 0.191. The minimum Gasteiger partial charge on any atom is -0.460 e. The van der Waals surface area contributed by atoms with Crippen molar-refractivity contribution in [2.75, 3.05) is 6.61 Å². The SMILES string of the molecule is CCOC(=O)c1oc2ccc(Br)cc2c1CSc1ncnc2sc(C)c(C)c12. The molecule has 0 aliphatic rings. The van der Waals surface area contributed by atoms with Crippen molar-refractivity contribution in [1.29, 1.82) is 0 Å². The molecule has 8 heteroatoms. The lowest BCUT2D eigenvalue weighted by atomic mass is 10.1. The zero-order valence-corrected chi connectivity index (χ0v) is 18.8. The van der Waals surface area contributed by atoms with Crippen LogP contribution in [0.4, 0.5) is 0 Å². The Bertz CT molecular complexity index is 1200. The summed E-state index contributed by atoms with van der Waals surface area (Å²) in [6, 6.07) is 5.71. The number of aromatic nitrogens is 2. The van der Waals surface area contributed by atoms with E-state index >= 15 is 0 Å². The second-order valence-corrected chi connectivity index (χ2v) is 9.28. The highest BCUT2D eigenvalue weighted by Gasteiger charge is 2.23. The average molecular weight is 477 g/mol. The summed E-state index contributed by atoms with van der Waals surface area (Å²) in [7, 11) is 0. The lowest BCUT2D eigenvalue weighted by molar-refractivity contribution is 0.0491. The third kappa shape index (κ3) is 3.44. The van der Waals surface area contributed by atoms with Crippen molar-refractivity contribution in [2.24, 2.45) is 0 Å². The highest BCUT2D eigenvalue weighted by molar-refractivity contribution is 9.10. The number of nitrogens with zero attached hydrogens (tertiary/aromatic N) is 2. The van der Waals surface area contributed by atoms with Crippen LogP contribution in [0.15, 0.2) is 38.4 Å². The maximum absolute atomic E-state index is 12.4. The molecule has 28 heavy (non-hydrogen) atoms. The molecule has 5 nitrogen and oxygen atoms in total. The minimum atomic E-state index is -0.444. The summed E-state index contributed by atoms with van der Waals surface area (Å²) in [6.45, 7) is 6.27. The van der Waals surface area contributed by atoms with Crippen molar-refractivity contribution in [2.45, 2.75) is 31.6 Å². The van der Waals surface area contributed by atoms with E-state index < -0.39 is 5.97 Å². The Morgan fingerprint density at radius 1 is 1.32 bits per heavy atom. The normalized spacial score (nSPS) is 11.4. The smallest absolute Gasteiger partial charge is 0.374 e. The number of halogens is 1. The largest absolute Gasteiger partial charge is 0.460 e. The Balaban J connectivity index is 1.76. The van der Waals surface area contributed by atoms with Crippen molar-refractivity contribution in [3.63, 3.8) is 0 Å². The number of thioether (sulfide) groups is 1. The van der Waals surface area contributed by atoms with Crippen LogP contribution in [-0.2, 0) is 10.5 Å². The van der Waals surface area contributed by atoms with Crippen LogP contribution >= 0.6 is 39.0 Å². The number of carbonyl (C=O) groups is 1. The molecule has 4 aromatic rings. The first kappa shape index (κ1) is 19.4. The van der Waals surface area contributed by atoms with Crippen LogP contribution < -0.4 is 0 Å². The van der Waals surface area contributed by atoms with E-state index in [2.05, 4.69) is 39.7 Å². The van der Waals surface area contributed by atoms with E-state index in [0.717, 1.165) is 30.7 Å². The van der Waals surface area contributed by atoms with Gasteiger partial charge in [0.1, 0.15) is 21.8 Å². The third-order valence-corrected chi connectivity index (χ3v) is 7.12. The lowest BCUT2D eigenvalue weighted by Gasteiger charge is -2.05. The molecule has 4 rings (SSSR count). The van der Waals surface area contributed by atoms with Gasteiger partial charge in [-0.05, 0) is 44.5 Å². The first-order chi connectivity index (χ1) is 13.5. The summed E-state index contributed by atoms with van der Waals surface area (Å²) in [6.07, 6.45) is 1.59. The van der Waals surface area contributed by atoms with E-state index in [1.807, 2.05) is 18.2 Å². The fraction of sp³-hybridized carbons (Fsp3) is 0.250. The van der Waals surface area contributed by atoms with Crippen LogP contribution in [0.5, 0.6) is 0 Å². The van der Waals surface area contributed by atoms with Gasteiger partial charge in [-0.25, -0.2) is 14.8 Å². The second-order valence-electron chi connectivity index (χ2n) is 6.20. The van der Waals surface area contributed by atoms with Gasteiger partial charge in [-0.15, -0.1) is 23.1 Å². The van der Waals surface area contributed by atoms with Gasteiger partial charge in [0.25, 0.3) is 0 Å². The van der Waals surface area contributed by atoms with Gasteiger partial charge in [-0.2, -0.15) is 0 Å². The summed E-state index contributed by atoms with van der Waals surface area (Å²) in [5.41, 5.74) is 2.68. The number of thiophene rings is 1. The van der Waals surface area contributed by atoms with E-state index in [1.54, 1.807) is 36.3 Å². The maximum atomic E-state index is 12.4. The van der Waals surface area contributed by atoms with Gasteiger partial charge in [0.15, 0.2) is 0 Å². The van der Waals surface area contributed by atoms with Gasteiger partial charge in [0.05, 0.1) is 6.61 Å². The van der Waals surface area contributed by atoms with Crippen LogP contribution in [0.25, 0.3) is 21.2 Å². The van der Waals surface area contributed by atoms with Crippen molar-refractivity contribution in [3.05, 3.63) is 50.8 Å². The van der Waals surface area contributed by atoms with E-state index in [-0.39, 0.29) is 5.76 Å². The van der Waals surface area contributed by atoms with Gasteiger partial charge in [-0.3, -0.25) is 0 Å². The molecule has 0 fully saturated rings. The zero-order chi connectivity index (χ0) is 19.8. The molecule has 3 heterocycles. The molecule has 0 atom stereocenters. The van der Waals surface area contributed by atoms with E-state index in [4.69, 9.17) is 9.15 Å². The molecule has 144 valence electrons. The average Bonchev–Trinajstić information content (AvgIpc) is 3.17. The molecule has 0 aliphatic carbocycles. The van der Waals surface area contributed by atoms with E-state index in [0.29, 0.717) is 17.9 Å². The Hall–Kier alpha value is -1.90. The number of aryl methyl sites for hydroxylation is 2. The molecule has 0 spiro atoms. The van der Waals surface area contributed by atoms with Gasteiger partial charge >= 0.3 is 5.97 Å². The lowest BCUT2D eigenvalue weighted by Crippen LogP contribution is -2.05. The number of benzene rings is 1. The van der Waals surface area contributed by atoms with Crippen molar-refractivity contribution in [1.82, 2.24) is 9.97 Å². The Morgan fingerprint density at radius 2 is 2.14 bits per heavy atom. The van der Waals surface area contributed by atoms with E-state index in [1.165, 1.54) is 10.4 Å². The number of rotatable bonds is 5. The molecule has 1 aromatic carbocycles. The van der Waals surface area contributed by atoms with Gasteiger partial charge in [0.2, 0.25) is 5.76 Å². The molecule has 0 saturated carbocycles. The van der Waals surface area contributed by atoms with E-state index in [9.17, 15) is 4.79 Å². The molecular weight excluding hydrogens is 460 g/mol. The summed E-state index contributed by atoms with van der Waals surface area (Å²) >= 11 is 6.75. The minimum absolute atomic E-state index is 0.256. The highest BCUT2D eigenvalue weighted by atomic mass is 79.9. The van der Waals surface area contributed by atoms with Crippen LogP contribution in [0.2, 0.25) is 0 Å². The van der Waals surface area contributed by atoms with Gasteiger partial charge in [0, 0.05) is 31.4 Å². The predicted octanol–water partition coefficient (Wildman–Crippen LogP) is 6.29. The maximum Gasteiger partial charge on any atom is 0.374 e. The Morgan fingerprint density at radius 3 is 2.93 bits per heavy atom. The summed E-state index contributed by atoms with van der Waals surface area (Å²) in [4.78, 5) is 23.5. The number of ether oxygens (including phenoxy) is 1. The molecular formula is C20H17BrN2O3S2. The van der Waals surface area contributed by atoms with Gasteiger partial charge in [-0.1, -0.05) is 15.9 Å². The number of hydrogen-bond donors (Lipinski definition) is 0. The van der Waals surface area contributed by atoms with Crippen LogP contribution in [-0.4, -0.2) is 22.5 Å². The Labute approximate surface area is 178 Å². The molecule has 0 N–H and O–H groups in total. The fourth-order valence-electron chi connectivity index (χ4n) is 3.03. The second kappa shape index (κ2) is 7.85. The standard InChI is InChI=1S/C20H17BrN2O3S2/c1-4-25-20(24)17-14(13-7-12(21)5-6-15(13)26-17)8-27-18-16-10(2)11(3)28-19(16)23-9-22-18/h5-7,9H,4,8H2,1-3H3. The summed E-state index contributed by atoms with van der Waals surface area (Å²) < 4.78 is 12.0. The molecule has 0 aliphatic heterocycles. The molecule has 0 radical (unpaired) electrons. The van der Waals surface area contributed by atoms with Crippen molar-refractivity contribution in [3.8, 4) is 0 Å². The van der Waals surface area contributed by atoms with Crippen LogP contribution in [0, 0.1) is 13.8 Å². The number of fused-ring (bicyclic) bond motifs is 2. The van der Waals surface area contributed by atoms with Crippen LogP contribution in [0.3, 0.4) is 0 Å². The molecule has 0 unspecified atom stereocenters. The molecule has 0 bridgehead atoms. The first-order valence-corrected chi connectivity index (χ1v) is 11.3. The molecule has 0 saturated heterocycles. The number of esters is 1. The fourth-order valence-corrected chi connectivity index (χ4v) is 5.53. The van der Waals surface area contributed by atoms with Crippen LogP contribution in [0.1, 0.15) is 33.5 Å². The predicted molar refractivity (Wildman–Crippen MR) is 116 cm³/mol. The monoisotopic (exact) mass is 476 g/mol. The van der Waals surface area contributed by atoms with Crippen molar-refractivity contribution >= 4 is 66.2 Å².